The maximum absolute atomic E-state index is 10.5. The SMILES string of the molecule is CCCC(C)S(N)(=O)=O. The van der Waals surface area contributed by atoms with Crippen LogP contribution in [0.2, 0.25) is 0 Å². The van der Waals surface area contributed by atoms with Gasteiger partial charge in [-0.2, -0.15) is 0 Å². The molecule has 0 fully saturated rings. The average Bonchev–Trinajstić information content (AvgIpc) is 1.64. The van der Waals surface area contributed by atoms with Crippen LogP contribution in [-0.2, 0) is 10.0 Å². The molecule has 0 spiro atoms. The van der Waals surface area contributed by atoms with Crippen molar-refractivity contribution >= 4 is 10.0 Å². The van der Waals surface area contributed by atoms with E-state index in [1.807, 2.05) is 6.92 Å². The Morgan fingerprint density at radius 1 is 1.56 bits per heavy atom. The van der Waals surface area contributed by atoms with Crippen LogP contribution < -0.4 is 5.14 Å². The Labute approximate surface area is 56.3 Å². The highest BCUT2D eigenvalue weighted by Gasteiger charge is 2.12. The molecule has 1 unspecified atom stereocenters. The second-order valence-electron chi connectivity index (χ2n) is 2.19. The molecule has 0 saturated carbocycles. The Bertz CT molecular complexity index is 162. The van der Waals surface area contributed by atoms with Gasteiger partial charge in [0.2, 0.25) is 10.0 Å². The number of primary sulfonamides is 1. The Morgan fingerprint density at radius 2 is 2.00 bits per heavy atom. The molecule has 0 heterocycles. The van der Waals surface area contributed by atoms with E-state index in [0.29, 0.717) is 6.42 Å². The first-order valence-corrected chi connectivity index (χ1v) is 4.61. The number of sulfonamides is 1. The zero-order chi connectivity index (χ0) is 7.49. The van der Waals surface area contributed by atoms with Crippen LogP contribution in [0.15, 0.2) is 0 Å². The van der Waals surface area contributed by atoms with Crippen molar-refractivity contribution in [2.24, 2.45) is 5.14 Å². The maximum Gasteiger partial charge on any atom is 0.211 e. The summed E-state index contributed by atoms with van der Waals surface area (Å²) in [7, 11) is -3.26. The van der Waals surface area contributed by atoms with Crippen LogP contribution in [0.4, 0.5) is 0 Å². The molecule has 0 aliphatic heterocycles. The van der Waals surface area contributed by atoms with Crippen molar-refractivity contribution in [1.82, 2.24) is 0 Å². The zero-order valence-electron chi connectivity index (χ0n) is 5.79. The van der Waals surface area contributed by atoms with Crippen LogP contribution >= 0.6 is 0 Å². The fourth-order valence-corrected chi connectivity index (χ4v) is 1.14. The van der Waals surface area contributed by atoms with Crippen LogP contribution in [0.5, 0.6) is 0 Å². The number of rotatable bonds is 3. The first kappa shape index (κ1) is 8.91. The van der Waals surface area contributed by atoms with Gasteiger partial charge in [0.25, 0.3) is 0 Å². The summed E-state index contributed by atoms with van der Waals surface area (Å²) in [5.41, 5.74) is 0. The minimum Gasteiger partial charge on any atom is -0.228 e. The van der Waals surface area contributed by atoms with E-state index in [1.54, 1.807) is 6.92 Å². The molecule has 0 radical (unpaired) electrons. The number of hydrogen-bond donors (Lipinski definition) is 1. The topological polar surface area (TPSA) is 60.2 Å². The molecule has 0 amide bonds. The van der Waals surface area contributed by atoms with Gasteiger partial charge in [-0.05, 0) is 13.3 Å². The minimum atomic E-state index is -3.26. The van der Waals surface area contributed by atoms with E-state index in [9.17, 15) is 8.42 Å². The highest BCUT2D eigenvalue weighted by Crippen LogP contribution is 2.02. The molecule has 0 aliphatic rings. The highest BCUT2D eigenvalue weighted by molar-refractivity contribution is 7.89. The van der Waals surface area contributed by atoms with Gasteiger partial charge in [-0.25, -0.2) is 13.6 Å². The van der Waals surface area contributed by atoms with Crippen molar-refractivity contribution < 1.29 is 8.42 Å². The van der Waals surface area contributed by atoms with E-state index in [0.717, 1.165) is 6.42 Å². The normalized spacial score (nSPS) is 15.4. The Balaban J connectivity index is 3.90. The van der Waals surface area contributed by atoms with Gasteiger partial charge in [-0.3, -0.25) is 0 Å². The van der Waals surface area contributed by atoms with Gasteiger partial charge in [0.15, 0.2) is 0 Å². The first-order valence-electron chi connectivity index (χ1n) is 3.00. The van der Waals surface area contributed by atoms with Gasteiger partial charge in [-0.15, -0.1) is 0 Å². The smallest absolute Gasteiger partial charge is 0.211 e. The molecule has 0 bridgehead atoms. The quantitative estimate of drug-likeness (QED) is 0.637. The lowest BCUT2D eigenvalue weighted by Crippen LogP contribution is -2.25. The molecule has 0 saturated heterocycles. The monoisotopic (exact) mass is 151 g/mol. The third-order valence-electron chi connectivity index (χ3n) is 1.26. The summed E-state index contributed by atoms with van der Waals surface area (Å²) in [6, 6.07) is 0. The van der Waals surface area contributed by atoms with Gasteiger partial charge >= 0.3 is 0 Å². The predicted molar refractivity (Wildman–Crippen MR) is 37.5 cm³/mol. The lowest BCUT2D eigenvalue weighted by atomic mass is 10.3. The van der Waals surface area contributed by atoms with Crippen molar-refractivity contribution in [1.29, 1.82) is 0 Å². The summed E-state index contributed by atoms with van der Waals surface area (Å²) >= 11 is 0. The van der Waals surface area contributed by atoms with Crippen molar-refractivity contribution in [2.45, 2.75) is 31.9 Å². The second kappa shape index (κ2) is 3.17. The van der Waals surface area contributed by atoms with Crippen molar-refractivity contribution in [3.63, 3.8) is 0 Å². The third kappa shape index (κ3) is 3.48. The first-order chi connectivity index (χ1) is 3.98. The fourth-order valence-electron chi connectivity index (χ4n) is 0.571. The van der Waals surface area contributed by atoms with Crippen LogP contribution in [0.3, 0.4) is 0 Å². The van der Waals surface area contributed by atoms with E-state index in [1.165, 1.54) is 0 Å². The van der Waals surface area contributed by atoms with Gasteiger partial charge in [0, 0.05) is 0 Å². The van der Waals surface area contributed by atoms with Crippen molar-refractivity contribution in [2.75, 3.05) is 0 Å². The molecule has 0 aromatic heterocycles. The van der Waals surface area contributed by atoms with E-state index in [2.05, 4.69) is 0 Å². The van der Waals surface area contributed by atoms with Gasteiger partial charge in [0.05, 0.1) is 5.25 Å². The Hall–Kier alpha value is -0.0900. The van der Waals surface area contributed by atoms with Crippen LogP contribution in [-0.4, -0.2) is 13.7 Å². The van der Waals surface area contributed by atoms with Crippen LogP contribution in [0.25, 0.3) is 0 Å². The molecule has 2 N–H and O–H groups in total. The van der Waals surface area contributed by atoms with E-state index in [-0.39, 0.29) is 5.25 Å². The molecule has 9 heavy (non-hydrogen) atoms. The number of hydrogen-bond acceptors (Lipinski definition) is 2. The standard InChI is InChI=1S/C5H13NO2S/c1-3-4-5(2)9(6,7)8/h5H,3-4H2,1-2H3,(H2,6,7,8). The van der Waals surface area contributed by atoms with E-state index in [4.69, 9.17) is 5.14 Å². The van der Waals surface area contributed by atoms with E-state index >= 15 is 0 Å². The molecule has 0 aliphatic carbocycles. The van der Waals surface area contributed by atoms with Crippen LogP contribution in [0, 0.1) is 0 Å². The molecular formula is C5H13NO2S. The summed E-state index contributed by atoms with van der Waals surface area (Å²) in [5.74, 6) is 0. The van der Waals surface area contributed by atoms with Gasteiger partial charge < -0.3 is 0 Å². The summed E-state index contributed by atoms with van der Waals surface area (Å²) in [6.07, 6.45) is 1.51. The zero-order valence-corrected chi connectivity index (χ0v) is 6.61. The molecule has 0 aromatic carbocycles. The highest BCUT2D eigenvalue weighted by atomic mass is 32.2. The van der Waals surface area contributed by atoms with Gasteiger partial charge in [0.1, 0.15) is 0 Å². The largest absolute Gasteiger partial charge is 0.228 e. The number of nitrogens with two attached hydrogens (primary N) is 1. The summed E-state index contributed by atoms with van der Waals surface area (Å²) in [5, 5.41) is 4.45. The summed E-state index contributed by atoms with van der Waals surface area (Å²) in [4.78, 5) is 0. The van der Waals surface area contributed by atoms with E-state index < -0.39 is 10.0 Å². The molecular weight excluding hydrogens is 138 g/mol. The average molecular weight is 151 g/mol. The molecule has 56 valence electrons. The minimum absolute atomic E-state index is 0.387. The Morgan fingerprint density at radius 3 is 2.11 bits per heavy atom. The maximum atomic E-state index is 10.5. The summed E-state index contributed by atoms with van der Waals surface area (Å²) in [6.45, 7) is 3.56. The van der Waals surface area contributed by atoms with Crippen molar-refractivity contribution in [3.05, 3.63) is 0 Å². The molecule has 4 heteroatoms. The second-order valence-corrected chi connectivity index (χ2v) is 4.17. The van der Waals surface area contributed by atoms with Gasteiger partial charge in [-0.1, -0.05) is 13.3 Å². The Kier molecular flexibility index (Phi) is 3.14. The fraction of sp³-hybridized carbons (Fsp3) is 1.00. The molecule has 3 nitrogen and oxygen atoms in total. The summed E-state index contributed by atoms with van der Waals surface area (Å²) < 4.78 is 21.0. The molecule has 0 rings (SSSR count). The molecule has 1 atom stereocenters. The lowest BCUT2D eigenvalue weighted by molar-refractivity contribution is 0.577. The molecule has 0 aromatic rings. The van der Waals surface area contributed by atoms with Crippen LogP contribution in [0.1, 0.15) is 26.7 Å². The van der Waals surface area contributed by atoms with Crippen molar-refractivity contribution in [3.8, 4) is 0 Å². The predicted octanol–water partition coefficient (Wildman–Crippen LogP) is 0.464. The lowest BCUT2D eigenvalue weighted by Gasteiger charge is -2.04. The third-order valence-corrected chi connectivity index (χ3v) is 2.61.